The van der Waals surface area contributed by atoms with Gasteiger partial charge in [0.2, 0.25) is 0 Å². The summed E-state index contributed by atoms with van der Waals surface area (Å²) in [5.74, 6) is -0.923. The van der Waals surface area contributed by atoms with Gasteiger partial charge in [0, 0.05) is 26.2 Å². The first-order chi connectivity index (χ1) is 11.1. The maximum absolute atomic E-state index is 12.2. The summed E-state index contributed by atoms with van der Waals surface area (Å²) in [6, 6.07) is 6.28. The van der Waals surface area contributed by atoms with Gasteiger partial charge in [-0.05, 0) is 49.3 Å². The summed E-state index contributed by atoms with van der Waals surface area (Å²) >= 11 is 0. The van der Waals surface area contributed by atoms with Gasteiger partial charge in [-0.3, -0.25) is 9.59 Å². The number of benzene rings is 1. The van der Waals surface area contributed by atoms with Gasteiger partial charge in [0.05, 0.1) is 6.04 Å². The molecule has 0 bridgehead atoms. The second-order valence-electron chi connectivity index (χ2n) is 6.47. The van der Waals surface area contributed by atoms with E-state index < -0.39 is 11.8 Å². The van der Waals surface area contributed by atoms with E-state index in [9.17, 15) is 9.59 Å². The van der Waals surface area contributed by atoms with Crippen molar-refractivity contribution in [3.63, 3.8) is 0 Å². The lowest BCUT2D eigenvalue weighted by Crippen LogP contribution is -2.51. The van der Waals surface area contributed by atoms with Crippen molar-refractivity contribution in [2.45, 2.75) is 38.6 Å². The topological polar surface area (TPSA) is 61.4 Å². The molecule has 1 fully saturated rings. The van der Waals surface area contributed by atoms with Crippen LogP contribution < -0.4 is 10.6 Å². The molecule has 5 heteroatoms. The number of rotatable bonds is 2. The molecular formula is C18H25N3O2. The summed E-state index contributed by atoms with van der Waals surface area (Å²) < 4.78 is 0. The van der Waals surface area contributed by atoms with Crippen molar-refractivity contribution in [2.75, 3.05) is 26.2 Å². The Morgan fingerprint density at radius 2 is 1.83 bits per heavy atom. The van der Waals surface area contributed by atoms with E-state index in [-0.39, 0.29) is 6.04 Å². The zero-order valence-electron chi connectivity index (χ0n) is 13.7. The zero-order valence-corrected chi connectivity index (χ0v) is 13.7. The zero-order chi connectivity index (χ0) is 16.2. The molecule has 1 aromatic carbocycles. The number of hydrogen-bond acceptors (Lipinski definition) is 3. The molecular weight excluding hydrogens is 290 g/mol. The molecule has 2 amide bonds. The van der Waals surface area contributed by atoms with Gasteiger partial charge in [0.15, 0.2) is 0 Å². The molecule has 2 N–H and O–H groups in total. The third-order valence-electron chi connectivity index (χ3n) is 4.82. The van der Waals surface area contributed by atoms with Crippen LogP contribution in [0.4, 0.5) is 0 Å². The lowest BCUT2D eigenvalue weighted by Gasteiger charge is -2.27. The second kappa shape index (κ2) is 7.13. The third-order valence-corrected chi connectivity index (χ3v) is 4.82. The van der Waals surface area contributed by atoms with Gasteiger partial charge < -0.3 is 15.5 Å². The molecule has 1 atom stereocenters. The quantitative estimate of drug-likeness (QED) is 0.806. The third kappa shape index (κ3) is 3.72. The van der Waals surface area contributed by atoms with Crippen molar-refractivity contribution in [3.8, 4) is 0 Å². The van der Waals surface area contributed by atoms with Crippen LogP contribution in [0, 0.1) is 0 Å². The maximum atomic E-state index is 12.2. The van der Waals surface area contributed by atoms with E-state index in [2.05, 4.69) is 28.8 Å². The number of fused-ring (bicyclic) bond motifs is 1. The van der Waals surface area contributed by atoms with Crippen molar-refractivity contribution < 1.29 is 9.59 Å². The summed E-state index contributed by atoms with van der Waals surface area (Å²) in [6.07, 6.45) is 4.76. The summed E-state index contributed by atoms with van der Waals surface area (Å²) in [6.45, 7) is 4.63. The van der Waals surface area contributed by atoms with Crippen molar-refractivity contribution in [1.82, 2.24) is 15.5 Å². The molecule has 23 heavy (non-hydrogen) atoms. The molecule has 1 aliphatic heterocycles. The molecule has 2 aliphatic rings. The molecule has 1 aliphatic carbocycles. The van der Waals surface area contributed by atoms with E-state index in [1.54, 1.807) is 4.90 Å². The van der Waals surface area contributed by atoms with Crippen LogP contribution in [-0.2, 0) is 22.4 Å². The molecule has 1 heterocycles. The Morgan fingerprint density at radius 3 is 2.57 bits per heavy atom. The average molecular weight is 315 g/mol. The van der Waals surface area contributed by atoms with E-state index >= 15 is 0 Å². The fourth-order valence-corrected chi connectivity index (χ4v) is 3.38. The highest BCUT2D eigenvalue weighted by molar-refractivity contribution is 6.35. The number of carbonyl (C=O) groups is 2. The van der Waals surface area contributed by atoms with Crippen molar-refractivity contribution >= 4 is 11.8 Å². The first kappa shape index (κ1) is 16.0. The van der Waals surface area contributed by atoms with Crippen LogP contribution in [0.5, 0.6) is 0 Å². The molecule has 124 valence electrons. The fourth-order valence-electron chi connectivity index (χ4n) is 3.38. The van der Waals surface area contributed by atoms with Crippen LogP contribution in [0.1, 0.15) is 42.5 Å². The standard InChI is InChI=1S/C18H25N3O2/c1-13(15-7-6-14-4-2-3-5-16(14)12-15)20-17(22)18(23)21-10-8-19-9-11-21/h6-7,12-13,19H,2-5,8-11H2,1H3,(H,20,22). The highest BCUT2D eigenvalue weighted by atomic mass is 16.2. The van der Waals surface area contributed by atoms with Gasteiger partial charge in [0.1, 0.15) is 0 Å². The van der Waals surface area contributed by atoms with Crippen molar-refractivity contribution in [2.24, 2.45) is 0 Å². The van der Waals surface area contributed by atoms with Crippen molar-refractivity contribution in [3.05, 3.63) is 34.9 Å². The van der Waals surface area contributed by atoms with Gasteiger partial charge >= 0.3 is 11.8 Å². The average Bonchev–Trinajstić information content (AvgIpc) is 2.61. The summed E-state index contributed by atoms with van der Waals surface area (Å²) in [4.78, 5) is 26.0. The van der Waals surface area contributed by atoms with Crippen LogP contribution in [-0.4, -0.2) is 42.9 Å². The van der Waals surface area contributed by atoms with Crippen molar-refractivity contribution in [1.29, 1.82) is 0 Å². The Balaban J connectivity index is 1.62. The van der Waals surface area contributed by atoms with Crippen LogP contribution in [0.2, 0.25) is 0 Å². The first-order valence-corrected chi connectivity index (χ1v) is 8.57. The van der Waals surface area contributed by atoms with Crippen LogP contribution >= 0.6 is 0 Å². The first-order valence-electron chi connectivity index (χ1n) is 8.57. The number of hydrogen-bond donors (Lipinski definition) is 2. The lowest BCUT2D eigenvalue weighted by atomic mass is 9.89. The van der Waals surface area contributed by atoms with Crippen LogP contribution in [0.15, 0.2) is 18.2 Å². The minimum absolute atomic E-state index is 0.151. The monoisotopic (exact) mass is 315 g/mol. The smallest absolute Gasteiger partial charge is 0.311 e. The Hall–Kier alpha value is -1.88. The summed E-state index contributed by atoms with van der Waals surface area (Å²) in [5.41, 5.74) is 3.89. The number of aryl methyl sites for hydroxylation is 2. The Morgan fingerprint density at radius 1 is 1.13 bits per heavy atom. The normalized spacial score (nSPS) is 18.9. The van der Waals surface area contributed by atoms with Gasteiger partial charge in [-0.25, -0.2) is 0 Å². The Kier molecular flexibility index (Phi) is 4.96. The fraction of sp³-hybridized carbons (Fsp3) is 0.556. The Labute approximate surface area is 137 Å². The van der Waals surface area contributed by atoms with E-state index in [4.69, 9.17) is 0 Å². The highest BCUT2D eigenvalue weighted by Crippen LogP contribution is 2.24. The molecule has 1 unspecified atom stereocenters. The number of nitrogens with zero attached hydrogens (tertiary/aromatic N) is 1. The molecule has 1 saturated heterocycles. The number of carbonyl (C=O) groups excluding carboxylic acids is 2. The lowest BCUT2D eigenvalue weighted by molar-refractivity contribution is -0.146. The van der Waals surface area contributed by atoms with E-state index in [1.807, 2.05) is 6.92 Å². The SMILES string of the molecule is CC(NC(=O)C(=O)N1CCNCC1)c1ccc2c(c1)CCCC2. The molecule has 5 nitrogen and oxygen atoms in total. The summed E-state index contributed by atoms with van der Waals surface area (Å²) in [7, 11) is 0. The highest BCUT2D eigenvalue weighted by Gasteiger charge is 2.24. The molecule has 0 aromatic heterocycles. The second-order valence-corrected chi connectivity index (χ2v) is 6.47. The Bertz CT molecular complexity index is 594. The summed E-state index contributed by atoms with van der Waals surface area (Å²) in [5, 5.41) is 6.03. The molecule has 0 radical (unpaired) electrons. The van der Waals surface area contributed by atoms with E-state index in [0.29, 0.717) is 13.1 Å². The predicted octanol–water partition coefficient (Wildman–Crippen LogP) is 1.17. The van der Waals surface area contributed by atoms with Gasteiger partial charge in [-0.2, -0.15) is 0 Å². The molecule has 0 saturated carbocycles. The van der Waals surface area contributed by atoms with E-state index in [1.165, 1.54) is 24.0 Å². The predicted molar refractivity (Wildman–Crippen MR) is 89.1 cm³/mol. The molecule has 1 aromatic rings. The largest absolute Gasteiger partial charge is 0.341 e. The minimum Gasteiger partial charge on any atom is -0.341 e. The van der Waals surface area contributed by atoms with Gasteiger partial charge in [0.25, 0.3) is 0 Å². The number of nitrogens with one attached hydrogen (secondary N) is 2. The maximum Gasteiger partial charge on any atom is 0.311 e. The van der Waals surface area contributed by atoms with E-state index in [0.717, 1.165) is 31.5 Å². The van der Waals surface area contributed by atoms with Gasteiger partial charge in [-0.1, -0.05) is 18.2 Å². The van der Waals surface area contributed by atoms with Crippen LogP contribution in [0.3, 0.4) is 0 Å². The number of amides is 2. The minimum atomic E-state index is -0.503. The molecule has 0 spiro atoms. The van der Waals surface area contributed by atoms with Crippen LogP contribution in [0.25, 0.3) is 0 Å². The number of piperazine rings is 1. The van der Waals surface area contributed by atoms with Gasteiger partial charge in [-0.15, -0.1) is 0 Å². The molecule has 3 rings (SSSR count).